The molecule has 1 N–H and O–H groups in total. The molecule has 0 aromatic heterocycles. The summed E-state index contributed by atoms with van der Waals surface area (Å²) >= 11 is 5.78. The number of rotatable bonds is 2. The topological polar surface area (TPSA) is 29.1 Å². The maximum absolute atomic E-state index is 11.6. The monoisotopic (exact) mass is 231 g/mol. The Hall–Kier alpha value is -1.80. The molecule has 0 amide bonds. The maximum Gasteiger partial charge on any atom is 0.201 e. The van der Waals surface area contributed by atoms with Gasteiger partial charge in [-0.15, -0.1) is 0 Å². The van der Waals surface area contributed by atoms with E-state index in [1.165, 1.54) is 6.07 Å². The minimum atomic E-state index is -0.0417. The predicted molar refractivity (Wildman–Crippen MR) is 67.4 cm³/mol. The fourth-order valence-corrected chi connectivity index (χ4v) is 1.45. The van der Waals surface area contributed by atoms with Crippen molar-refractivity contribution in [2.45, 2.75) is 0 Å². The summed E-state index contributed by atoms with van der Waals surface area (Å²) in [6, 6.07) is 15.8. The van der Waals surface area contributed by atoms with Gasteiger partial charge in [-0.2, -0.15) is 0 Å². The smallest absolute Gasteiger partial charge is 0.201 e. The number of halogens is 1. The summed E-state index contributed by atoms with van der Waals surface area (Å²) in [5, 5.41) is 3.72. The fourth-order valence-electron chi connectivity index (χ4n) is 1.32. The van der Waals surface area contributed by atoms with E-state index in [9.17, 15) is 4.79 Å². The van der Waals surface area contributed by atoms with Crippen molar-refractivity contribution in [3.63, 3.8) is 0 Å². The molecule has 80 valence electrons. The molecule has 0 spiro atoms. The van der Waals surface area contributed by atoms with Gasteiger partial charge in [0.05, 0.1) is 5.69 Å². The Morgan fingerprint density at radius 3 is 2.31 bits per heavy atom. The first-order chi connectivity index (χ1) is 7.75. The van der Waals surface area contributed by atoms with E-state index in [2.05, 4.69) is 5.32 Å². The van der Waals surface area contributed by atoms with Crippen molar-refractivity contribution in [3.05, 3.63) is 69.8 Å². The van der Waals surface area contributed by atoms with Gasteiger partial charge in [0, 0.05) is 10.7 Å². The molecule has 0 bridgehead atoms. The van der Waals surface area contributed by atoms with E-state index in [1.807, 2.05) is 24.3 Å². The largest absolute Gasteiger partial charge is 0.352 e. The third-order valence-corrected chi connectivity index (χ3v) is 2.37. The molecule has 0 fully saturated rings. The minimum absolute atomic E-state index is 0.0417. The summed E-state index contributed by atoms with van der Waals surface area (Å²) in [5.74, 6) is 0. The SMILES string of the molecule is O=c1cccccc1Nc1ccc(Cl)cc1. The van der Waals surface area contributed by atoms with Gasteiger partial charge in [0.2, 0.25) is 5.43 Å². The lowest BCUT2D eigenvalue weighted by Crippen LogP contribution is -2.03. The van der Waals surface area contributed by atoms with Gasteiger partial charge in [-0.05, 0) is 36.4 Å². The molecule has 0 heterocycles. The molecule has 0 atom stereocenters. The van der Waals surface area contributed by atoms with Crippen LogP contribution in [0, 0.1) is 0 Å². The number of hydrogen-bond acceptors (Lipinski definition) is 2. The number of nitrogens with one attached hydrogen (secondary N) is 1. The van der Waals surface area contributed by atoms with Crippen LogP contribution in [0.4, 0.5) is 11.4 Å². The maximum atomic E-state index is 11.6. The molecule has 0 aliphatic carbocycles. The lowest BCUT2D eigenvalue weighted by Gasteiger charge is -2.03. The van der Waals surface area contributed by atoms with Crippen molar-refractivity contribution in [3.8, 4) is 0 Å². The Morgan fingerprint density at radius 2 is 1.56 bits per heavy atom. The second-order valence-corrected chi connectivity index (χ2v) is 3.76. The minimum Gasteiger partial charge on any atom is -0.352 e. The molecule has 0 saturated carbocycles. The van der Waals surface area contributed by atoms with Gasteiger partial charge in [0.25, 0.3) is 0 Å². The third-order valence-electron chi connectivity index (χ3n) is 2.12. The lowest BCUT2D eigenvalue weighted by molar-refractivity contribution is 1.53. The average Bonchev–Trinajstić information content (AvgIpc) is 2.48. The van der Waals surface area contributed by atoms with Crippen molar-refractivity contribution < 1.29 is 0 Å². The molecule has 0 saturated heterocycles. The fraction of sp³-hybridized carbons (Fsp3) is 0. The predicted octanol–water partition coefficient (Wildman–Crippen LogP) is 3.44. The molecule has 0 radical (unpaired) electrons. The first kappa shape index (κ1) is 10.7. The van der Waals surface area contributed by atoms with Gasteiger partial charge in [0.1, 0.15) is 0 Å². The van der Waals surface area contributed by atoms with Gasteiger partial charge in [0.15, 0.2) is 0 Å². The second-order valence-electron chi connectivity index (χ2n) is 3.32. The van der Waals surface area contributed by atoms with Crippen molar-refractivity contribution >= 4 is 23.0 Å². The molecule has 0 aliphatic heterocycles. The van der Waals surface area contributed by atoms with E-state index in [0.29, 0.717) is 10.7 Å². The van der Waals surface area contributed by atoms with Crippen LogP contribution in [0.25, 0.3) is 0 Å². The third kappa shape index (κ3) is 2.61. The zero-order valence-electron chi connectivity index (χ0n) is 8.48. The molecule has 2 rings (SSSR count). The van der Waals surface area contributed by atoms with Gasteiger partial charge in [-0.25, -0.2) is 0 Å². The summed E-state index contributed by atoms with van der Waals surface area (Å²) < 4.78 is 0. The zero-order valence-corrected chi connectivity index (χ0v) is 9.24. The summed E-state index contributed by atoms with van der Waals surface area (Å²) in [5.41, 5.74) is 1.35. The van der Waals surface area contributed by atoms with Crippen molar-refractivity contribution in [2.24, 2.45) is 0 Å². The number of anilines is 2. The zero-order chi connectivity index (χ0) is 11.4. The molecule has 0 aliphatic rings. The Balaban J connectivity index is 2.31. The average molecular weight is 232 g/mol. The Kier molecular flexibility index (Phi) is 3.22. The molecule has 2 aromatic carbocycles. The summed E-state index contributed by atoms with van der Waals surface area (Å²) in [4.78, 5) is 11.6. The molecule has 16 heavy (non-hydrogen) atoms. The van der Waals surface area contributed by atoms with Crippen LogP contribution >= 0.6 is 11.6 Å². The first-order valence-electron chi connectivity index (χ1n) is 4.88. The number of hydrogen-bond donors (Lipinski definition) is 1. The molecule has 2 aromatic rings. The highest BCUT2D eigenvalue weighted by atomic mass is 35.5. The second kappa shape index (κ2) is 4.81. The quantitative estimate of drug-likeness (QED) is 0.858. The Bertz CT molecular complexity index is 537. The van der Waals surface area contributed by atoms with Crippen LogP contribution in [0.1, 0.15) is 0 Å². The van der Waals surface area contributed by atoms with Gasteiger partial charge in [-0.1, -0.05) is 29.8 Å². The van der Waals surface area contributed by atoms with Crippen LogP contribution in [0.3, 0.4) is 0 Å². The van der Waals surface area contributed by atoms with E-state index in [0.717, 1.165) is 5.69 Å². The van der Waals surface area contributed by atoms with Crippen LogP contribution < -0.4 is 10.7 Å². The molecule has 3 heteroatoms. The van der Waals surface area contributed by atoms with Crippen LogP contribution in [-0.2, 0) is 0 Å². The standard InChI is InChI=1S/C13H10ClNO/c14-10-6-8-11(9-7-10)15-12-4-2-1-3-5-13(12)16/h1-9H,(H,15,16). The highest BCUT2D eigenvalue weighted by Crippen LogP contribution is 2.16. The van der Waals surface area contributed by atoms with Crippen molar-refractivity contribution in [1.82, 2.24) is 0 Å². The lowest BCUT2D eigenvalue weighted by atomic mass is 10.3. The van der Waals surface area contributed by atoms with Gasteiger partial charge >= 0.3 is 0 Å². The van der Waals surface area contributed by atoms with Gasteiger partial charge < -0.3 is 5.32 Å². The van der Waals surface area contributed by atoms with E-state index >= 15 is 0 Å². The molecular weight excluding hydrogens is 222 g/mol. The van der Waals surface area contributed by atoms with Crippen LogP contribution in [0.15, 0.2) is 59.4 Å². The summed E-state index contributed by atoms with van der Waals surface area (Å²) in [6.45, 7) is 0. The summed E-state index contributed by atoms with van der Waals surface area (Å²) in [7, 11) is 0. The van der Waals surface area contributed by atoms with Gasteiger partial charge in [-0.3, -0.25) is 4.79 Å². The molecular formula is C13H10ClNO. The molecule has 0 unspecified atom stereocenters. The van der Waals surface area contributed by atoms with E-state index in [4.69, 9.17) is 11.6 Å². The normalized spacial score (nSPS) is 9.81. The van der Waals surface area contributed by atoms with Crippen LogP contribution in [0.5, 0.6) is 0 Å². The highest BCUT2D eigenvalue weighted by Gasteiger charge is 1.96. The van der Waals surface area contributed by atoms with Crippen LogP contribution in [-0.4, -0.2) is 0 Å². The Labute approximate surface area is 98.5 Å². The van der Waals surface area contributed by atoms with E-state index in [-0.39, 0.29) is 5.43 Å². The van der Waals surface area contributed by atoms with Crippen molar-refractivity contribution in [2.75, 3.05) is 5.32 Å². The number of benzene rings is 1. The van der Waals surface area contributed by atoms with Crippen molar-refractivity contribution in [1.29, 1.82) is 0 Å². The van der Waals surface area contributed by atoms with E-state index < -0.39 is 0 Å². The first-order valence-corrected chi connectivity index (χ1v) is 5.25. The molecule has 2 nitrogen and oxygen atoms in total. The van der Waals surface area contributed by atoms with Crippen LogP contribution in [0.2, 0.25) is 5.02 Å². The van der Waals surface area contributed by atoms with E-state index in [1.54, 1.807) is 24.3 Å². The summed E-state index contributed by atoms with van der Waals surface area (Å²) in [6.07, 6.45) is 0. The highest BCUT2D eigenvalue weighted by molar-refractivity contribution is 6.30. The Morgan fingerprint density at radius 1 is 0.875 bits per heavy atom.